The molecule has 1 fully saturated rings. The van der Waals surface area contributed by atoms with Crippen LogP contribution in [0.5, 0.6) is 6.01 Å². The van der Waals surface area contributed by atoms with Gasteiger partial charge in [0.1, 0.15) is 5.03 Å². The maximum atomic E-state index is 14.2. The van der Waals surface area contributed by atoms with Crippen LogP contribution in [-0.4, -0.2) is 71.0 Å². The summed E-state index contributed by atoms with van der Waals surface area (Å²) in [5.74, 6) is -4.03. The van der Waals surface area contributed by atoms with Gasteiger partial charge in [0.25, 0.3) is 0 Å². The number of hydrogen-bond donors (Lipinski definition) is 0. The molecular weight excluding hydrogens is 467 g/mol. The molecule has 0 amide bonds. The summed E-state index contributed by atoms with van der Waals surface area (Å²) in [6, 6.07) is -0.272. The van der Waals surface area contributed by atoms with Gasteiger partial charge in [-0.2, -0.15) is 14.4 Å². The zero-order valence-electron chi connectivity index (χ0n) is 18.6. The standard InChI is InChI=1S/C19H23FN2O10S/c1-7-15(20)21-19(27-6)22-16(7)33-18-14(30-10(4)25)12(28-8(2)23)13(29-9(3)24)17(32-18)31-11(5)26/h12-14,17-18H,1-6H3. The Labute approximate surface area is 192 Å². The topological polar surface area (TPSA) is 149 Å². The van der Waals surface area contributed by atoms with Crippen LogP contribution >= 0.6 is 11.8 Å². The third-order valence-corrected chi connectivity index (χ3v) is 5.30. The number of carbonyl (C=O) groups is 4. The quantitative estimate of drug-likeness (QED) is 0.305. The summed E-state index contributed by atoms with van der Waals surface area (Å²) in [5, 5.41) is 0.0515. The molecular formula is C19H23FN2O10S. The average molecular weight is 490 g/mol. The summed E-state index contributed by atoms with van der Waals surface area (Å²) in [6.45, 7) is 5.75. The number of carbonyl (C=O) groups excluding carboxylic acids is 4. The minimum Gasteiger partial charge on any atom is -0.467 e. The van der Waals surface area contributed by atoms with Gasteiger partial charge in [-0.15, -0.1) is 0 Å². The molecule has 12 nitrogen and oxygen atoms in total. The van der Waals surface area contributed by atoms with Gasteiger partial charge in [-0.25, -0.2) is 0 Å². The zero-order valence-corrected chi connectivity index (χ0v) is 19.5. The maximum absolute atomic E-state index is 14.2. The van der Waals surface area contributed by atoms with E-state index >= 15 is 0 Å². The highest BCUT2D eigenvalue weighted by Gasteiger charge is 2.54. The molecule has 2 rings (SSSR count). The van der Waals surface area contributed by atoms with E-state index in [-0.39, 0.29) is 16.6 Å². The second kappa shape index (κ2) is 11.2. The predicted molar refractivity (Wildman–Crippen MR) is 106 cm³/mol. The highest BCUT2D eigenvalue weighted by Crippen LogP contribution is 2.38. The van der Waals surface area contributed by atoms with Crippen molar-refractivity contribution in [3.8, 4) is 6.01 Å². The highest BCUT2D eigenvalue weighted by molar-refractivity contribution is 7.99. The SMILES string of the molecule is COc1nc(F)c(C)c(SC2OC(OC(C)=O)C(OC(C)=O)C(OC(C)=O)C2OC(C)=O)n1. The lowest BCUT2D eigenvalue weighted by atomic mass is 10.0. The number of nitrogens with zero attached hydrogens (tertiary/aromatic N) is 2. The van der Waals surface area contributed by atoms with Gasteiger partial charge in [0.05, 0.1) is 7.11 Å². The Balaban J connectivity index is 2.55. The molecule has 0 aliphatic carbocycles. The van der Waals surface area contributed by atoms with E-state index < -0.39 is 59.9 Å². The van der Waals surface area contributed by atoms with E-state index in [9.17, 15) is 23.6 Å². The van der Waals surface area contributed by atoms with E-state index in [2.05, 4.69) is 9.97 Å². The van der Waals surface area contributed by atoms with Crippen LogP contribution in [0.3, 0.4) is 0 Å². The first kappa shape index (κ1) is 26.3. The van der Waals surface area contributed by atoms with Gasteiger partial charge in [0, 0.05) is 33.3 Å². The number of hydrogen-bond acceptors (Lipinski definition) is 13. The maximum Gasteiger partial charge on any atom is 0.319 e. The normalized spacial score (nSPS) is 24.4. The number of halogens is 1. The summed E-state index contributed by atoms with van der Waals surface area (Å²) in [6.07, 6.45) is -5.81. The van der Waals surface area contributed by atoms with Gasteiger partial charge in [0.15, 0.2) is 17.6 Å². The summed E-state index contributed by atoms with van der Waals surface area (Å²) in [5.41, 5.74) is -1.21. The van der Waals surface area contributed by atoms with Crippen LogP contribution < -0.4 is 4.74 Å². The fourth-order valence-electron chi connectivity index (χ4n) is 2.86. The van der Waals surface area contributed by atoms with Crippen molar-refractivity contribution in [1.29, 1.82) is 0 Å². The van der Waals surface area contributed by atoms with E-state index in [1.54, 1.807) is 0 Å². The minimum absolute atomic E-state index is 0.0288. The van der Waals surface area contributed by atoms with Gasteiger partial charge >= 0.3 is 29.9 Å². The van der Waals surface area contributed by atoms with Crippen LogP contribution in [0.4, 0.5) is 4.39 Å². The number of ether oxygens (including phenoxy) is 6. The molecule has 1 aliphatic rings. The molecule has 5 atom stereocenters. The van der Waals surface area contributed by atoms with Crippen molar-refractivity contribution < 1.29 is 52.0 Å². The fraction of sp³-hybridized carbons (Fsp3) is 0.579. The lowest BCUT2D eigenvalue weighted by Crippen LogP contribution is -2.61. The zero-order chi connectivity index (χ0) is 24.9. The first-order chi connectivity index (χ1) is 15.4. The molecule has 0 radical (unpaired) electrons. The molecule has 0 bridgehead atoms. The highest BCUT2D eigenvalue weighted by atomic mass is 32.2. The Morgan fingerprint density at radius 1 is 0.848 bits per heavy atom. The molecule has 182 valence electrons. The fourth-order valence-corrected chi connectivity index (χ4v) is 3.98. The molecule has 2 heterocycles. The van der Waals surface area contributed by atoms with Gasteiger partial charge in [0.2, 0.25) is 18.3 Å². The largest absolute Gasteiger partial charge is 0.467 e. The van der Waals surface area contributed by atoms with Crippen molar-refractivity contribution in [3.63, 3.8) is 0 Å². The van der Waals surface area contributed by atoms with Gasteiger partial charge in [-0.3, -0.25) is 19.2 Å². The minimum atomic E-state index is -1.55. The lowest BCUT2D eigenvalue weighted by molar-refractivity contribution is -0.280. The molecule has 0 aromatic carbocycles. The molecule has 0 N–H and O–H groups in total. The summed E-state index contributed by atoms with van der Waals surface area (Å²) >= 11 is 0.774. The van der Waals surface area contributed by atoms with E-state index in [0.29, 0.717) is 0 Å². The van der Waals surface area contributed by atoms with Crippen LogP contribution in [0.2, 0.25) is 0 Å². The second-order valence-corrected chi connectivity index (χ2v) is 7.84. The molecule has 1 aromatic rings. The Hall–Kier alpha value is -3.00. The van der Waals surface area contributed by atoms with E-state index in [1.807, 2.05) is 0 Å². The van der Waals surface area contributed by atoms with E-state index in [0.717, 1.165) is 39.5 Å². The Kier molecular flexibility index (Phi) is 8.93. The summed E-state index contributed by atoms with van der Waals surface area (Å²) in [7, 11) is 1.24. The van der Waals surface area contributed by atoms with Crippen molar-refractivity contribution in [1.82, 2.24) is 9.97 Å². The van der Waals surface area contributed by atoms with Crippen LogP contribution in [-0.2, 0) is 42.9 Å². The molecule has 5 unspecified atom stereocenters. The molecule has 1 saturated heterocycles. The third kappa shape index (κ3) is 6.99. The van der Waals surface area contributed by atoms with Gasteiger partial charge < -0.3 is 28.4 Å². The van der Waals surface area contributed by atoms with Crippen molar-refractivity contribution in [2.75, 3.05) is 7.11 Å². The number of aromatic nitrogens is 2. The first-order valence-electron chi connectivity index (χ1n) is 9.52. The van der Waals surface area contributed by atoms with Crippen LogP contribution in [0, 0.1) is 12.9 Å². The number of methoxy groups -OCH3 is 1. The third-order valence-electron chi connectivity index (χ3n) is 4.07. The van der Waals surface area contributed by atoms with Crippen molar-refractivity contribution in [2.24, 2.45) is 0 Å². The van der Waals surface area contributed by atoms with Crippen molar-refractivity contribution in [2.45, 2.75) is 69.7 Å². The number of esters is 4. The molecule has 0 saturated carbocycles. The van der Waals surface area contributed by atoms with E-state index in [4.69, 9.17) is 28.4 Å². The van der Waals surface area contributed by atoms with Crippen LogP contribution in [0.25, 0.3) is 0 Å². The van der Waals surface area contributed by atoms with Crippen molar-refractivity contribution in [3.05, 3.63) is 11.5 Å². The number of thioether (sulfide) groups is 1. The Bertz CT molecular complexity index is 930. The van der Waals surface area contributed by atoms with Gasteiger partial charge in [-0.05, 0) is 6.92 Å². The molecule has 1 aliphatic heterocycles. The first-order valence-corrected chi connectivity index (χ1v) is 10.4. The monoisotopic (exact) mass is 490 g/mol. The second-order valence-electron chi connectivity index (χ2n) is 6.75. The number of rotatable bonds is 7. The van der Waals surface area contributed by atoms with Gasteiger partial charge in [-0.1, -0.05) is 11.8 Å². The lowest BCUT2D eigenvalue weighted by Gasteiger charge is -2.43. The van der Waals surface area contributed by atoms with Crippen LogP contribution in [0.1, 0.15) is 33.3 Å². The van der Waals surface area contributed by atoms with Crippen molar-refractivity contribution >= 4 is 35.6 Å². The molecule has 0 spiro atoms. The summed E-state index contributed by atoms with van der Waals surface area (Å²) < 4.78 is 45.8. The van der Waals surface area contributed by atoms with E-state index in [1.165, 1.54) is 14.0 Å². The molecule has 33 heavy (non-hydrogen) atoms. The Morgan fingerprint density at radius 3 is 1.88 bits per heavy atom. The smallest absolute Gasteiger partial charge is 0.319 e. The summed E-state index contributed by atoms with van der Waals surface area (Å²) in [4.78, 5) is 54.6. The Morgan fingerprint density at radius 2 is 1.36 bits per heavy atom. The molecule has 14 heteroatoms. The van der Waals surface area contributed by atoms with Crippen LogP contribution in [0.15, 0.2) is 5.03 Å². The molecule has 1 aromatic heterocycles. The predicted octanol–water partition coefficient (Wildman–Crippen LogP) is 1.07. The average Bonchev–Trinajstić information content (AvgIpc) is 2.69.